The fourth-order valence-electron chi connectivity index (χ4n) is 2.54. The normalized spacial score (nSPS) is 31.6. The number of aliphatic hydroxyl groups excluding tert-OH is 1. The first-order valence-corrected chi connectivity index (χ1v) is 6.86. The molecule has 0 radical (unpaired) electrons. The summed E-state index contributed by atoms with van der Waals surface area (Å²) in [4.78, 5) is 0. The van der Waals surface area contributed by atoms with Gasteiger partial charge in [0.15, 0.2) is 0 Å². The topological polar surface area (TPSA) is 20.2 Å². The summed E-state index contributed by atoms with van der Waals surface area (Å²) in [5.74, 6) is 2.29. The van der Waals surface area contributed by atoms with E-state index >= 15 is 0 Å². The first-order valence-electron chi connectivity index (χ1n) is 5.46. The number of aliphatic hydroxyl groups is 1. The lowest BCUT2D eigenvalue weighted by Gasteiger charge is -2.34. The molecule has 1 fully saturated rings. The maximum atomic E-state index is 9.95. The second-order valence-corrected chi connectivity index (χ2v) is 5.05. The van der Waals surface area contributed by atoms with Gasteiger partial charge < -0.3 is 5.11 Å². The van der Waals surface area contributed by atoms with E-state index in [2.05, 4.69) is 13.2 Å². The summed E-state index contributed by atoms with van der Waals surface area (Å²) in [5, 5.41) is 9.95. The van der Waals surface area contributed by atoms with Crippen LogP contribution in [0.5, 0.6) is 0 Å². The number of thioether (sulfide) groups is 1. The molecule has 0 aromatic rings. The molecule has 0 amide bonds. The quantitative estimate of drug-likeness (QED) is 0.756. The predicted octanol–water partition coefficient (Wildman–Crippen LogP) is 2.93. The Morgan fingerprint density at radius 2 is 2.08 bits per heavy atom. The third-order valence-corrected chi connectivity index (χ3v) is 4.00. The second kappa shape index (κ2) is 5.92. The zero-order chi connectivity index (χ0) is 9.68. The standard InChI is InChI=1S/C11H22OS/c1-3-9-6-4-5-7-10(9)11(12)8-13-2/h9-12H,3-8H2,1-2H3. The van der Waals surface area contributed by atoms with Crippen LogP contribution in [0.3, 0.4) is 0 Å². The van der Waals surface area contributed by atoms with Crippen molar-refractivity contribution < 1.29 is 5.11 Å². The molecule has 1 N–H and O–H groups in total. The molecule has 3 atom stereocenters. The highest BCUT2D eigenvalue weighted by Crippen LogP contribution is 2.35. The molecule has 13 heavy (non-hydrogen) atoms. The minimum atomic E-state index is -0.0553. The lowest BCUT2D eigenvalue weighted by molar-refractivity contribution is 0.0629. The first-order chi connectivity index (χ1) is 6.29. The molecule has 2 heteroatoms. The summed E-state index contributed by atoms with van der Waals surface area (Å²) in [6.45, 7) is 2.26. The van der Waals surface area contributed by atoms with Gasteiger partial charge in [-0.05, 0) is 24.5 Å². The fourth-order valence-corrected chi connectivity index (χ4v) is 3.13. The first kappa shape index (κ1) is 11.4. The van der Waals surface area contributed by atoms with Crippen LogP contribution in [0.15, 0.2) is 0 Å². The Bertz CT molecular complexity index is 138. The van der Waals surface area contributed by atoms with Gasteiger partial charge in [0.1, 0.15) is 0 Å². The maximum Gasteiger partial charge on any atom is 0.0661 e. The predicted molar refractivity (Wildman–Crippen MR) is 60.1 cm³/mol. The highest BCUT2D eigenvalue weighted by Gasteiger charge is 2.28. The van der Waals surface area contributed by atoms with Gasteiger partial charge in [0.2, 0.25) is 0 Å². The molecule has 1 aliphatic carbocycles. The molecule has 0 spiro atoms. The summed E-state index contributed by atoms with van der Waals surface area (Å²) in [6, 6.07) is 0. The molecule has 0 heterocycles. The van der Waals surface area contributed by atoms with E-state index in [0.29, 0.717) is 5.92 Å². The van der Waals surface area contributed by atoms with Gasteiger partial charge in [-0.25, -0.2) is 0 Å². The van der Waals surface area contributed by atoms with Crippen LogP contribution in [0.25, 0.3) is 0 Å². The van der Waals surface area contributed by atoms with Crippen molar-refractivity contribution in [2.75, 3.05) is 12.0 Å². The smallest absolute Gasteiger partial charge is 0.0661 e. The van der Waals surface area contributed by atoms with Crippen molar-refractivity contribution in [2.24, 2.45) is 11.8 Å². The van der Waals surface area contributed by atoms with E-state index in [1.165, 1.54) is 32.1 Å². The van der Waals surface area contributed by atoms with Crippen molar-refractivity contribution in [3.63, 3.8) is 0 Å². The van der Waals surface area contributed by atoms with E-state index in [-0.39, 0.29) is 6.10 Å². The van der Waals surface area contributed by atoms with Crippen LogP contribution in [0.2, 0.25) is 0 Å². The lowest BCUT2D eigenvalue weighted by Crippen LogP contribution is -2.32. The highest BCUT2D eigenvalue weighted by molar-refractivity contribution is 7.98. The van der Waals surface area contributed by atoms with E-state index in [9.17, 15) is 5.11 Å². The molecule has 3 unspecified atom stereocenters. The second-order valence-electron chi connectivity index (χ2n) is 4.14. The molecular weight excluding hydrogens is 180 g/mol. The van der Waals surface area contributed by atoms with E-state index in [4.69, 9.17) is 0 Å². The molecule has 0 aromatic carbocycles. The average molecular weight is 202 g/mol. The van der Waals surface area contributed by atoms with Crippen LogP contribution in [-0.2, 0) is 0 Å². The fraction of sp³-hybridized carbons (Fsp3) is 1.00. The Morgan fingerprint density at radius 3 is 2.69 bits per heavy atom. The van der Waals surface area contributed by atoms with Gasteiger partial charge in [-0.2, -0.15) is 11.8 Å². The molecule has 1 nitrogen and oxygen atoms in total. The molecule has 0 aliphatic heterocycles. The molecule has 1 aliphatic rings. The summed E-state index contributed by atoms with van der Waals surface area (Å²) in [6.07, 6.45) is 8.56. The summed E-state index contributed by atoms with van der Waals surface area (Å²) in [7, 11) is 0. The van der Waals surface area contributed by atoms with E-state index in [0.717, 1.165) is 11.7 Å². The summed E-state index contributed by atoms with van der Waals surface area (Å²) >= 11 is 1.77. The van der Waals surface area contributed by atoms with Crippen molar-refractivity contribution in [3.8, 4) is 0 Å². The summed E-state index contributed by atoms with van der Waals surface area (Å²) < 4.78 is 0. The van der Waals surface area contributed by atoms with Crippen molar-refractivity contribution in [1.82, 2.24) is 0 Å². The third-order valence-electron chi connectivity index (χ3n) is 3.32. The maximum absolute atomic E-state index is 9.95. The summed E-state index contributed by atoms with van der Waals surface area (Å²) in [5.41, 5.74) is 0. The molecule has 0 aromatic heterocycles. The van der Waals surface area contributed by atoms with Crippen LogP contribution in [0, 0.1) is 11.8 Å². The zero-order valence-corrected chi connectivity index (χ0v) is 9.65. The Balaban J connectivity index is 2.43. The van der Waals surface area contributed by atoms with Crippen LogP contribution in [0.4, 0.5) is 0 Å². The molecule has 1 rings (SSSR count). The molecule has 0 bridgehead atoms. The van der Waals surface area contributed by atoms with Crippen LogP contribution >= 0.6 is 11.8 Å². The SMILES string of the molecule is CCC1CCCCC1C(O)CSC. The number of hydrogen-bond acceptors (Lipinski definition) is 2. The molecule has 1 saturated carbocycles. The van der Waals surface area contributed by atoms with Crippen molar-refractivity contribution in [3.05, 3.63) is 0 Å². The monoisotopic (exact) mass is 202 g/mol. The Morgan fingerprint density at radius 1 is 1.38 bits per heavy atom. The van der Waals surface area contributed by atoms with Gasteiger partial charge in [0.05, 0.1) is 6.10 Å². The van der Waals surface area contributed by atoms with E-state index in [1.54, 1.807) is 11.8 Å². The minimum Gasteiger partial charge on any atom is -0.392 e. The van der Waals surface area contributed by atoms with Gasteiger partial charge in [-0.1, -0.05) is 32.6 Å². The van der Waals surface area contributed by atoms with Gasteiger partial charge in [0.25, 0.3) is 0 Å². The average Bonchev–Trinajstić information content (AvgIpc) is 2.18. The molecule has 78 valence electrons. The van der Waals surface area contributed by atoms with Gasteiger partial charge >= 0.3 is 0 Å². The Hall–Kier alpha value is 0.310. The highest BCUT2D eigenvalue weighted by atomic mass is 32.2. The van der Waals surface area contributed by atoms with E-state index < -0.39 is 0 Å². The Kier molecular flexibility index (Phi) is 5.18. The van der Waals surface area contributed by atoms with Crippen molar-refractivity contribution in [1.29, 1.82) is 0 Å². The number of hydrogen-bond donors (Lipinski definition) is 1. The minimum absolute atomic E-state index is 0.0553. The zero-order valence-electron chi connectivity index (χ0n) is 8.83. The van der Waals surface area contributed by atoms with Crippen molar-refractivity contribution >= 4 is 11.8 Å². The van der Waals surface area contributed by atoms with Crippen LogP contribution < -0.4 is 0 Å². The van der Waals surface area contributed by atoms with Crippen molar-refractivity contribution in [2.45, 2.75) is 45.1 Å². The molecular formula is C11H22OS. The van der Waals surface area contributed by atoms with E-state index in [1.807, 2.05) is 0 Å². The van der Waals surface area contributed by atoms with Crippen LogP contribution in [-0.4, -0.2) is 23.2 Å². The van der Waals surface area contributed by atoms with Gasteiger partial charge in [0, 0.05) is 5.75 Å². The Labute approximate surface area is 86.3 Å². The van der Waals surface area contributed by atoms with Gasteiger partial charge in [-0.3, -0.25) is 0 Å². The largest absolute Gasteiger partial charge is 0.392 e. The third kappa shape index (κ3) is 3.17. The number of rotatable bonds is 4. The van der Waals surface area contributed by atoms with Gasteiger partial charge in [-0.15, -0.1) is 0 Å². The lowest BCUT2D eigenvalue weighted by atomic mass is 9.75. The van der Waals surface area contributed by atoms with Crippen LogP contribution in [0.1, 0.15) is 39.0 Å². The molecule has 0 saturated heterocycles.